The lowest BCUT2D eigenvalue weighted by atomic mass is 9.91. The van der Waals surface area contributed by atoms with E-state index in [1.165, 1.54) is 6.42 Å². The Morgan fingerprint density at radius 3 is 2.19 bits per heavy atom. The predicted octanol–water partition coefficient (Wildman–Crippen LogP) is 6.05. The molecule has 1 fully saturated rings. The van der Waals surface area contributed by atoms with Crippen molar-refractivity contribution in [1.82, 2.24) is 15.5 Å². The highest BCUT2D eigenvalue weighted by atomic mass is 16.6. The van der Waals surface area contributed by atoms with Gasteiger partial charge in [0.15, 0.2) is 0 Å². The summed E-state index contributed by atoms with van der Waals surface area (Å²) in [6, 6.07) is 6.04. The van der Waals surface area contributed by atoms with Gasteiger partial charge in [-0.1, -0.05) is 70.7 Å². The maximum absolute atomic E-state index is 14.3. The van der Waals surface area contributed by atoms with Crippen LogP contribution in [0.15, 0.2) is 24.3 Å². The predicted molar refractivity (Wildman–Crippen MR) is 148 cm³/mol. The van der Waals surface area contributed by atoms with E-state index in [0.717, 1.165) is 36.8 Å². The molecule has 1 aromatic rings. The van der Waals surface area contributed by atoms with Crippen LogP contribution in [0.4, 0.5) is 4.79 Å². The number of nitrogens with one attached hydrogen (secondary N) is 2. The standard InChI is InChI=1S/C30H49N3O4/c1-9-20(3)25(32-29(36)37-30(6,7)8)28(35)33(22(5)10-2)26(24-19-15-14-16-21(24)4)27(34)31-23-17-12-11-13-18-23/h14-16,19-20,22-23,25-26H,9-13,17-18H2,1-8H3,(H,31,34)(H,32,36). The molecular formula is C30H49N3O4. The molecule has 1 aliphatic rings. The van der Waals surface area contributed by atoms with E-state index in [1.807, 2.05) is 58.9 Å². The van der Waals surface area contributed by atoms with Crippen LogP contribution in [0.2, 0.25) is 0 Å². The minimum Gasteiger partial charge on any atom is -0.444 e. The van der Waals surface area contributed by atoms with Gasteiger partial charge in [0.25, 0.3) is 0 Å². The van der Waals surface area contributed by atoms with E-state index >= 15 is 0 Å². The Labute approximate surface area is 224 Å². The molecule has 7 heteroatoms. The van der Waals surface area contributed by atoms with Gasteiger partial charge in [-0.15, -0.1) is 0 Å². The van der Waals surface area contributed by atoms with Crippen molar-refractivity contribution >= 4 is 17.9 Å². The minimum atomic E-state index is -0.817. The average Bonchev–Trinajstić information content (AvgIpc) is 2.84. The fourth-order valence-electron chi connectivity index (χ4n) is 4.91. The first-order valence-corrected chi connectivity index (χ1v) is 14.1. The van der Waals surface area contributed by atoms with Crippen LogP contribution >= 0.6 is 0 Å². The van der Waals surface area contributed by atoms with E-state index in [2.05, 4.69) is 10.6 Å². The second kappa shape index (κ2) is 13.8. The summed E-state index contributed by atoms with van der Waals surface area (Å²) in [5.41, 5.74) is 1.07. The topological polar surface area (TPSA) is 87.7 Å². The zero-order valence-corrected chi connectivity index (χ0v) is 24.2. The van der Waals surface area contributed by atoms with Crippen LogP contribution in [0.1, 0.15) is 111 Å². The summed E-state index contributed by atoms with van der Waals surface area (Å²) in [6.45, 7) is 15.3. The fraction of sp³-hybridized carbons (Fsp3) is 0.700. The molecule has 0 heterocycles. The minimum absolute atomic E-state index is 0.118. The van der Waals surface area contributed by atoms with E-state index in [4.69, 9.17) is 4.74 Å². The number of alkyl carbamates (subject to hydrolysis) is 1. The van der Waals surface area contributed by atoms with Crippen molar-refractivity contribution < 1.29 is 19.1 Å². The second-order valence-corrected chi connectivity index (χ2v) is 11.6. The zero-order chi connectivity index (χ0) is 27.8. The highest BCUT2D eigenvalue weighted by Gasteiger charge is 2.41. The highest BCUT2D eigenvalue weighted by molar-refractivity contribution is 5.92. The number of amides is 3. The monoisotopic (exact) mass is 515 g/mol. The van der Waals surface area contributed by atoms with Crippen molar-refractivity contribution in [2.45, 2.75) is 130 Å². The number of hydrogen-bond donors (Lipinski definition) is 2. The van der Waals surface area contributed by atoms with Gasteiger partial charge >= 0.3 is 6.09 Å². The molecule has 208 valence electrons. The van der Waals surface area contributed by atoms with E-state index in [0.29, 0.717) is 12.8 Å². The van der Waals surface area contributed by atoms with Crippen molar-refractivity contribution in [2.24, 2.45) is 5.92 Å². The van der Waals surface area contributed by atoms with Crippen molar-refractivity contribution in [3.63, 3.8) is 0 Å². The molecule has 0 aromatic heterocycles. The molecule has 1 saturated carbocycles. The number of nitrogens with zero attached hydrogens (tertiary/aromatic N) is 1. The smallest absolute Gasteiger partial charge is 0.408 e. The van der Waals surface area contributed by atoms with Gasteiger partial charge in [0.05, 0.1) is 0 Å². The van der Waals surface area contributed by atoms with Crippen LogP contribution in [0, 0.1) is 12.8 Å². The Bertz CT molecular complexity index is 904. The molecule has 7 nitrogen and oxygen atoms in total. The first kappa shape index (κ1) is 30.7. The molecule has 4 unspecified atom stereocenters. The highest BCUT2D eigenvalue weighted by Crippen LogP contribution is 2.30. The van der Waals surface area contributed by atoms with E-state index in [1.54, 1.807) is 25.7 Å². The maximum atomic E-state index is 14.3. The molecular weight excluding hydrogens is 466 g/mol. The molecule has 0 saturated heterocycles. The lowest BCUT2D eigenvalue weighted by molar-refractivity contribution is -0.146. The maximum Gasteiger partial charge on any atom is 0.408 e. The Morgan fingerprint density at radius 2 is 1.65 bits per heavy atom. The van der Waals surface area contributed by atoms with Crippen molar-refractivity contribution in [2.75, 3.05) is 0 Å². The Hall–Kier alpha value is -2.57. The molecule has 4 atom stereocenters. The summed E-state index contributed by atoms with van der Waals surface area (Å²) >= 11 is 0. The molecule has 2 N–H and O–H groups in total. The summed E-state index contributed by atoms with van der Waals surface area (Å²) in [7, 11) is 0. The summed E-state index contributed by atoms with van der Waals surface area (Å²) < 4.78 is 5.49. The van der Waals surface area contributed by atoms with Crippen LogP contribution in [-0.4, -0.2) is 46.5 Å². The third-order valence-electron chi connectivity index (χ3n) is 7.43. The lowest BCUT2D eigenvalue weighted by Crippen LogP contribution is -2.58. The number of ether oxygens (including phenoxy) is 1. The molecule has 0 radical (unpaired) electrons. The normalized spacial score (nSPS) is 17.7. The fourth-order valence-corrected chi connectivity index (χ4v) is 4.91. The number of carbonyl (C=O) groups excluding carboxylic acids is 3. The van der Waals surface area contributed by atoms with Gasteiger partial charge in [-0.2, -0.15) is 0 Å². The first-order valence-electron chi connectivity index (χ1n) is 14.1. The number of rotatable bonds is 10. The van der Waals surface area contributed by atoms with Crippen LogP contribution < -0.4 is 10.6 Å². The zero-order valence-electron chi connectivity index (χ0n) is 24.2. The van der Waals surface area contributed by atoms with Gasteiger partial charge in [0, 0.05) is 12.1 Å². The average molecular weight is 516 g/mol. The second-order valence-electron chi connectivity index (χ2n) is 11.6. The Balaban J connectivity index is 2.52. The van der Waals surface area contributed by atoms with Crippen molar-refractivity contribution in [1.29, 1.82) is 0 Å². The summed E-state index contributed by atoms with van der Waals surface area (Å²) in [5, 5.41) is 6.11. The quantitative estimate of drug-likeness (QED) is 0.397. The Kier molecular flexibility index (Phi) is 11.5. The third-order valence-corrected chi connectivity index (χ3v) is 7.43. The van der Waals surface area contributed by atoms with Gasteiger partial charge in [0.1, 0.15) is 17.7 Å². The lowest BCUT2D eigenvalue weighted by Gasteiger charge is -2.40. The molecule has 1 aliphatic carbocycles. The molecule has 37 heavy (non-hydrogen) atoms. The van der Waals surface area contributed by atoms with Gasteiger partial charge in [-0.05, 0) is 70.9 Å². The SMILES string of the molecule is CCC(C)C(NC(=O)OC(C)(C)C)C(=O)N(C(C)CC)C(C(=O)NC1CCCCC1)c1ccccc1C. The molecule has 3 amide bonds. The van der Waals surface area contributed by atoms with Crippen molar-refractivity contribution in [3.05, 3.63) is 35.4 Å². The first-order chi connectivity index (χ1) is 17.4. The van der Waals surface area contributed by atoms with Gasteiger partial charge < -0.3 is 20.3 Å². The number of aryl methyl sites for hydroxylation is 1. The van der Waals surface area contributed by atoms with E-state index in [-0.39, 0.29) is 29.8 Å². The van der Waals surface area contributed by atoms with E-state index in [9.17, 15) is 14.4 Å². The van der Waals surface area contributed by atoms with Crippen LogP contribution in [0.3, 0.4) is 0 Å². The molecule has 0 spiro atoms. The number of benzene rings is 1. The summed E-state index contributed by atoms with van der Waals surface area (Å²) in [5.74, 6) is -0.567. The number of hydrogen-bond acceptors (Lipinski definition) is 4. The summed E-state index contributed by atoms with van der Waals surface area (Å²) in [6.07, 6.45) is 6.03. The van der Waals surface area contributed by atoms with Gasteiger partial charge in [-0.3, -0.25) is 9.59 Å². The van der Waals surface area contributed by atoms with Crippen molar-refractivity contribution in [3.8, 4) is 0 Å². The van der Waals surface area contributed by atoms with Gasteiger partial charge in [0.2, 0.25) is 11.8 Å². The molecule has 0 aliphatic heterocycles. The van der Waals surface area contributed by atoms with Crippen LogP contribution in [0.25, 0.3) is 0 Å². The largest absolute Gasteiger partial charge is 0.444 e. The molecule has 1 aromatic carbocycles. The molecule has 2 rings (SSSR count). The molecule has 0 bridgehead atoms. The number of carbonyl (C=O) groups is 3. The van der Waals surface area contributed by atoms with Crippen LogP contribution in [0.5, 0.6) is 0 Å². The van der Waals surface area contributed by atoms with E-state index < -0.39 is 23.8 Å². The van der Waals surface area contributed by atoms with Crippen LogP contribution in [-0.2, 0) is 14.3 Å². The van der Waals surface area contributed by atoms with Gasteiger partial charge in [-0.25, -0.2) is 4.79 Å². The third kappa shape index (κ3) is 8.75. The Morgan fingerprint density at radius 1 is 1.03 bits per heavy atom. The summed E-state index contributed by atoms with van der Waals surface area (Å²) in [4.78, 5) is 42.8.